The number of halogens is 1. The van der Waals surface area contributed by atoms with Gasteiger partial charge in [0.2, 0.25) is 0 Å². The van der Waals surface area contributed by atoms with Crippen molar-refractivity contribution in [3.05, 3.63) is 100 Å². The summed E-state index contributed by atoms with van der Waals surface area (Å²) in [5.74, 6) is -2.18. The quantitative estimate of drug-likeness (QED) is 0.303. The molecule has 178 valence electrons. The maximum absolute atomic E-state index is 13.9. The first kappa shape index (κ1) is 22.8. The number of aryl methyl sites for hydroxylation is 2. The van der Waals surface area contributed by atoms with E-state index in [0.717, 1.165) is 42.7 Å². The molecule has 0 aliphatic carbocycles. The summed E-state index contributed by atoms with van der Waals surface area (Å²) in [6.45, 7) is 5.51. The lowest BCUT2D eigenvalue weighted by atomic mass is 9.92. The Morgan fingerprint density at radius 2 is 1.54 bits per heavy atom. The smallest absolute Gasteiger partial charge is 0.300 e. The number of benzene rings is 3. The first-order valence-corrected chi connectivity index (χ1v) is 11.8. The van der Waals surface area contributed by atoms with Gasteiger partial charge < -0.3 is 10.0 Å². The minimum atomic E-state index is -0.806. The van der Waals surface area contributed by atoms with E-state index < -0.39 is 23.5 Å². The molecular weight excluding hydrogens is 443 g/mol. The Morgan fingerprint density at radius 3 is 2.20 bits per heavy atom. The van der Waals surface area contributed by atoms with E-state index in [1.165, 1.54) is 23.1 Å². The third-order valence-corrected chi connectivity index (χ3v) is 6.96. The minimum absolute atomic E-state index is 0.000993. The van der Waals surface area contributed by atoms with Gasteiger partial charge in [-0.15, -0.1) is 0 Å². The van der Waals surface area contributed by atoms with Gasteiger partial charge in [-0.1, -0.05) is 24.3 Å². The van der Waals surface area contributed by atoms with Crippen molar-refractivity contribution < 1.29 is 19.1 Å². The molecule has 5 nitrogen and oxygen atoms in total. The molecule has 2 saturated heterocycles. The fourth-order valence-corrected chi connectivity index (χ4v) is 5.03. The van der Waals surface area contributed by atoms with Crippen LogP contribution in [-0.4, -0.2) is 29.9 Å². The third kappa shape index (κ3) is 3.99. The summed E-state index contributed by atoms with van der Waals surface area (Å²) in [7, 11) is 0. The molecule has 1 unspecified atom stereocenters. The zero-order valence-corrected chi connectivity index (χ0v) is 19.8. The largest absolute Gasteiger partial charge is 0.507 e. The van der Waals surface area contributed by atoms with Crippen molar-refractivity contribution >= 4 is 28.8 Å². The number of nitrogens with zero attached hydrogens (tertiary/aromatic N) is 2. The number of Topliss-reactive ketones (excluding diaryl/α,β-unsaturated/α-hetero) is 1. The Bertz CT molecular complexity index is 1340. The Balaban J connectivity index is 1.65. The van der Waals surface area contributed by atoms with Crippen molar-refractivity contribution in [1.29, 1.82) is 0 Å². The minimum Gasteiger partial charge on any atom is -0.507 e. The molecule has 0 spiro atoms. The topological polar surface area (TPSA) is 60.9 Å². The van der Waals surface area contributed by atoms with Crippen LogP contribution in [0.2, 0.25) is 0 Å². The predicted molar refractivity (Wildman–Crippen MR) is 135 cm³/mol. The molecule has 2 aliphatic heterocycles. The first-order chi connectivity index (χ1) is 16.9. The van der Waals surface area contributed by atoms with Gasteiger partial charge in [-0.2, -0.15) is 0 Å². The SMILES string of the molecule is Cc1cc(/C(O)=C2\C(=O)C(=O)N(c3ccc(N4CCCC4)cc3)C2c2ccccc2C)ccc1F. The Kier molecular flexibility index (Phi) is 5.89. The van der Waals surface area contributed by atoms with Gasteiger partial charge in [0.15, 0.2) is 0 Å². The summed E-state index contributed by atoms with van der Waals surface area (Å²) >= 11 is 0. The third-order valence-electron chi connectivity index (χ3n) is 6.96. The predicted octanol–water partition coefficient (Wildman–Crippen LogP) is 5.67. The van der Waals surface area contributed by atoms with Gasteiger partial charge in [-0.25, -0.2) is 4.39 Å². The number of carbonyl (C=O) groups excluding carboxylic acids is 2. The molecule has 2 heterocycles. The summed E-state index contributed by atoms with van der Waals surface area (Å²) < 4.78 is 13.9. The molecule has 35 heavy (non-hydrogen) atoms. The van der Waals surface area contributed by atoms with E-state index in [1.54, 1.807) is 6.92 Å². The highest BCUT2D eigenvalue weighted by Gasteiger charge is 2.47. The van der Waals surface area contributed by atoms with Crippen LogP contribution >= 0.6 is 0 Å². The fraction of sp³-hybridized carbons (Fsp3) is 0.241. The van der Waals surface area contributed by atoms with Crippen LogP contribution in [0.4, 0.5) is 15.8 Å². The molecule has 2 aliphatic rings. The second-order valence-electron chi connectivity index (χ2n) is 9.20. The number of amides is 1. The van der Waals surface area contributed by atoms with Crippen LogP contribution in [-0.2, 0) is 9.59 Å². The van der Waals surface area contributed by atoms with Crippen LogP contribution in [0.3, 0.4) is 0 Å². The summed E-state index contributed by atoms with van der Waals surface area (Å²) in [6, 6.07) is 18.5. The van der Waals surface area contributed by atoms with Gasteiger partial charge in [0, 0.05) is 30.0 Å². The van der Waals surface area contributed by atoms with Gasteiger partial charge >= 0.3 is 0 Å². The fourth-order valence-electron chi connectivity index (χ4n) is 5.03. The molecule has 3 aromatic carbocycles. The average Bonchev–Trinajstić information content (AvgIpc) is 3.48. The highest BCUT2D eigenvalue weighted by molar-refractivity contribution is 6.51. The molecule has 0 bridgehead atoms. The van der Waals surface area contributed by atoms with E-state index in [-0.39, 0.29) is 11.3 Å². The van der Waals surface area contributed by atoms with E-state index in [4.69, 9.17) is 0 Å². The van der Waals surface area contributed by atoms with Crippen molar-refractivity contribution in [2.24, 2.45) is 0 Å². The first-order valence-electron chi connectivity index (χ1n) is 11.8. The average molecular weight is 471 g/mol. The maximum Gasteiger partial charge on any atom is 0.300 e. The molecule has 3 aromatic rings. The summed E-state index contributed by atoms with van der Waals surface area (Å²) in [4.78, 5) is 30.5. The number of carbonyl (C=O) groups is 2. The lowest BCUT2D eigenvalue weighted by Gasteiger charge is -2.27. The van der Waals surface area contributed by atoms with E-state index >= 15 is 0 Å². The number of rotatable bonds is 4. The van der Waals surface area contributed by atoms with Crippen LogP contribution in [0.1, 0.15) is 41.1 Å². The molecule has 0 radical (unpaired) electrons. The van der Waals surface area contributed by atoms with Gasteiger partial charge in [0.25, 0.3) is 11.7 Å². The Morgan fingerprint density at radius 1 is 0.886 bits per heavy atom. The molecule has 0 aromatic heterocycles. The van der Waals surface area contributed by atoms with E-state index in [1.807, 2.05) is 55.5 Å². The van der Waals surface area contributed by atoms with Crippen LogP contribution in [0.25, 0.3) is 5.76 Å². The number of aliphatic hydroxyl groups is 1. The van der Waals surface area contributed by atoms with Crippen molar-refractivity contribution in [2.75, 3.05) is 22.9 Å². The van der Waals surface area contributed by atoms with E-state index in [0.29, 0.717) is 16.8 Å². The number of aliphatic hydroxyl groups excluding tert-OH is 1. The van der Waals surface area contributed by atoms with E-state index in [9.17, 15) is 19.1 Å². The van der Waals surface area contributed by atoms with Crippen molar-refractivity contribution in [1.82, 2.24) is 0 Å². The summed E-state index contributed by atoms with van der Waals surface area (Å²) in [5.41, 5.74) is 3.93. The zero-order valence-electron chi connectivity index (χ0n) is 19.8. The number of hydrogen-bond acceptors (Lipinski definition) is 4. The zero-order chi connectivity index (χ0) is 24.7. The number of ketones is 1. The van der Waals surface area contributed by atoms with Gasteiger partial charge in [0.05, 0.1) is 11.6 Å². The Hall–Kier alpha value is -3.93. The second-order valence-corrected chi connectivity index (χ2v) is 9.20. The monoisotopic (exact) mass is 470 g/mol. The van der Waals surface area contributed by atoms with Crippen LogP contribution in [0.15, 0.2) is 72.3 Å². The second kappa shape index (κ2) is 9.02. The number of hydrogen-bond donors (Lipinski definition) is 1. The van der Waals surface area contributed by atoms with Crippen molar-refractivity contribution in [2.45, 2.75) is 32.7 Å². The summed E-state index contributed by atoms with van der Waals surface area (Å²) in [6.07, 6.45) is 2.32. The van der Waals surface area contributed by atoms with Crippen LogP contribution in [0, 0.1) is 19.7 Å². The highest BCUT2D eigenvalue weighted by atomic mass is 19.1. The van der Waals surface area contributed by atoms with Gasteiger partial charge in [-0.3, -0.25) is 14.5 Å². The molecule has 1 amide bonds. The van der Waals surface area contributed by atoms with Crippen molar-refractivity contribution in [3.8, 4) is 0 Å². The molecular formula is C29H27FN2O3. The molecule has 0 saturated carbocycles. The van der Waals surface area contributed by atoms with Gasteiger partial charge in [0.1, 0.15) is 11.6 Å². The van der Waals surface area contributed by atoms with Crippen molar-refractivity contribution in [3.63, 3.8) is 0 Å². The highest BCUT2D eigenvalue weighted by Crippen LogP contribution is 2.43. The lowest BCUT2D eigenvalue weighted by Crippen LogP contribution is -2.29. The van der Waals surface area contributed by atoms with Crippen LogP contribution < -0.4 is 9.80 Å². The standard InChI is InChI=1S/C29H27FN2O3/c1-18-7-3-4-8-23(18)26-25(27(33)20-9-14-24(30)19(2)17-20)28(34)29(35)32(26)22-12-10-21(11-13-22)31-15-5-6-16-31/h3-4,7-14,17,26,33H,5-6,15-16H2,1-2H3/b27-25+. The van der Waals surface area contributed by atoms with E-state index in [2.05, 4.69) is 4.90 Å². The maximum atomic E-state index is 13.9. The summed E-state index contributed by atoms with van der Waals surface area (Å²) in [5, 5.41) is 11.2. The molecule has 2 fully saturated rings. The normalized spacial score (nSPS) is 19.6. The molecule has 1 N–H and O–H groups in total. The molecule has 1 atom stereocenters. The van der Waals surface area contributed by atoms with Crippen LogP contribution in [0.5, 0.6) is 0 Å². The Labute approximate surface area is 204 Å². The molecule has 6 heteroatoms. The number of anilines is 2. The van der Waals surface area contributed by atoms with Gasteiger partial charge in [-0.05, 0) is 85.8 Å². The lowest BCUT2D eigenvalue weighted by molar-refractivity contribution is -0.132. The molecule has 5 rings (SSSR count).